The Morgan fingerprint density at radius 3 is 2.53 bits per heavy atom. The van der Waals surface area contributed by atoms with Crippen molar-refractivity contribution >= 4 is 34.4 Å². The second-order valence-electron chi connectivity index (χ2n) is 9.05. The molecular formula is C25H24BBrN4O. The summed E-state index contributed by atoms with van der Waals surface area (Å²) in [5, 5.41) is 4.59. The van der Waals surface area contributed by atoms with Gasteiger partial charge in [-0.15, -0.1) is 0 Å². The third-order valence-electron chi connectivity index (χ3n) is 5.79. The molecule has 5 rings (SSSR count). The first-order chi connectivity index (χ1) is 15.3. The molecule has 0 saturated carbocycles. The smallest absolute Gasteiger partial charge is 0.401 e. The van der Waals surface area contributed by atoms with Gasteiger partial charge in [-0.05, 0) is 66.3 Å². The fraction of sp³-hybridized carbons (Fsp3) is 0.200. The van der Waals surface area contributed by atoms with E-state index in [-0.39, 0.29) is 12.4 Å². The van der Waals surface area contributed by atoms with Crippen molar-refractivity contribution in [2.24, 2.45) is 0 Å². The minimum Gasteiger partial charge on any atom is -0.457 e. The maximum atomic E-state index is 6.19. The third kappa shape index (κ3) is 3.71. The first-order valence-corrected chi connectivity index (χ1v) is 11.5. The molecule has 160 valence electrons. The number of hydrogen-bond acceptors (Lipinski definition) is 4. The predicted molar refractivity (Wildman–Crippen MR) is 134 cm³/mol. The molecule has 1 aliphatic rings. The molecule has 3 heterocycles. The van der Waals surface area contributed by atoms with Crippen LogP contribution in [0.4, 0.5) is 11.5 Å². The van der Waals surface area contributed by atoms with Crippen LogP contribution in [-0.2, 0) is 5.41 Å². The number of pyridine rings is 1. The Morgan fingerprint density at radius 1 is 0.938 bits per heavy atom. The summed E-state index contributed by atoms with van der Waals surface area (Å²) in [6, 6.07) is 20.4. The predicted octanol–water partition coefficient (Wildman–Crippen LogP) is 6.92. The highest BCUT2D eigenvalue weighted by Gasteiger charge is 2.34. The zero-order valence-corrected chi connectivity index (χ0v) is 20.2. The van der Waals surface area contributed by atoms with Gasteiger partial charge < -0.3 is 9.55 Å². The number of anilines is 2. The highest BCUT2D eigenvalue weighted by Crippen LogP contribution is 2.43. The van der Waals surface area contributed by atoms with E-state index in [0.717, 1.165) is 38.7 Å². The van der Waals surface area contributed by atoms with E-state index in [0.29, 0.717) is 0 Å². The molecule has 32 heavy (non-hydrogen) atoms. The summed E-state index contributed by atoms with van der Waals surface area (Å²) in [6.07, 6.45) is 3.74. The number of ether oxygens (including phenoxy) is 1. The van der Waals surface area contributed by atoms with Crippen LogP contribution in [-0.4, -0.2) is 21.7 Å². The minimum atomic E-state index is -0.0312. The van der Waals surface area contributed by atoms with Crippen LogP contribution in [0, 0.1) is 0 Å². The van der Waals surface area contributed by atoms with E-state index in [4.69, 9.17) is 9.72 Å². The number of fused-ring (bicyclic) bond motifs is 3. The van der Waals surface area contributed by atoms with Crippen LogP contribution in [0.5, 0.6) is 11.5 Å². The van der Waals surface area contributed by atoms with Crippen molar-refractivity contribution in [3.8, 4) is 22.8 Å². The molecule has 4 aromatic rings. The van der Waals surface area contributed by atoms with Crippen LogP contribution in [0.15, 0.2) is 77.5 Å². The average Bonchev–Trinajstić information content (AvgIpc) is 3.24. The zero-order valence-electron chi connectivity index (χ0n) is 18.6. The van der Waals surface area contributed by atoms with Crippen molar-refractivity contribution in [1.29, 1.82) is 0 Å². The third-order valence-corrected chi connectivity index (χ3v) is 6.29. The lowest BCUT2D eigenvalue weighted by Gasteiger charge is -2.35. The topological polar surface area (TPSA) is 43.2 Å². The molecular weight excluding hydrogens is 463 g/mol. The van der Waals surface area contributed by atoms with Gasteiger partial charge in [-0.25, -0.2) is 4.98 Å². The lowest BCUT2D eigenvalue weighted by molar-refractivity contribution is 0.482. The SMILES string of the molecule is CB1N(c2cc(C(C)(C)C)ccn2)c2cc(Oc3cccc(Br)c3)ccc2-c2ccnn21. The highest BCUT2D eigenvalue weighted by atomic mass is 79.9. The first kappa shape index (κ1) is 20.8. The van der Waals surface area contributed by atoms with Gasteiger partial charge in [-0.1, -0.05) is 42.8 Å². The van der Waals surface area contributed by atoms with E-state index in [2.05, 4.69) is 83.8 Å². The molecule has 5 nitrogen and oxygen atoms in total. The summed E-state index contributed by atoms with van der Waals surface area (Å²) in [5.74, 6) is 2.46. The van der Waals surface area contributed by atoms with Crippen molar-refractivity contribution in [1.82, 2.24) is 14.7 Å². The quantitative estimate of drug-likeness (QED) is 0.295. The molecule has 0 unspecified atom stereocenters. The second-order valence-corrected chi connectivity index (χ2v) is 9.97. The summed E-state index contributed by atoms with van der Waals surface area (Å²) < 4.78 is 9.22. The van der Waals surface area contributed by atoms with Gasteiger partial charge in [-0.3, -0.25) is 4.59 Å². The molecule has 0 saturated heterocycles. The van der Waals surface area contributed by atoms with Crippen LogP contribution in [0.1, 0.15) is 26.3 Å². The summed E-state index contributed by atoms with van der Waals surface area (Å²) in [5.41, 5.74) is 4.51. The molecule has 0 fully saturated rings. The number of benzene rings is 2. The van der Waals surface area contributed by atoms with Crippen LogP contribution >= 0.6 is 15.9 Å². The zero-order chi connectivity index (χ0) is 22.5. The Balaban J connectivity index is 1.63. The molecule has 2 aromatic heterocycles. The maximum absolute atomic E-state index is 6.19. The van der Waals surface area contributed by atoms with Crippen molar-refractivity contribution in [3.05, 3.63) is 83.1 Å². The Labute approximate surface area is 197 Å². The largest absolute Gasteiger partial charge is 0.457 e. The maximum Gasteiger partial charge on any atom is 0.401 e. The fourth-order valence-corrected chi connectivity index (χ4v) is 4.50. The molecule has 0 spiro atoms. The Kier molecular flexibility index (Phi) is 5.09. The summed E-state index contributed by atoms with van der Waals surface area (Å²) in [4.78, 5) is 6.98. The molecule has 0 atom stereocenters. The summed E-state index contributed by atoms with van der Waals surface area (Å²) >= 11 is 3.51. The molecule has 7 heteroatoms. The molecule has 0 bridgehead atoms. The monoisotopic (exact) mass is 486 g/mol. The Hall–Kier alpha value is -3.06. The summed E-state index contributed by atoms with van der Waals surface area (Å²) in [7, 11) is 0. The van der Waals surface area contributed by atoms with Gasteiger partial charge in [0.2, 0.25) is 0 Å². The molecule has 1 aliphatic heterocycles. The Morgan fingerprint density at radius 2 is 1.75 bits per heavy atom. The number of halogens is 1. The lowest BCUT2D eigenvalue weighted by atomic mass is 9.73. The minimum absolute atomic E-state index is 0.0298. The van der Waals surface area contributed by atoms with Gasteiger partial charge in [0.25, 0.3) is 0 Å². The van der Waals surface area contributed by atoms with Gasteiger partial charge in [-0.2, -0.15) is 5.10 Å². The van der Waals surface area contributed by atoms with E-state index < -0.39 is 0 Å². The molecule has 0 amide bonds. The van der Waals surface area contributed by atoms with Gasteiger partial charge in [0.15, 0.2) is 0 Å². The highest BCUT2D eigenvalue weighted by molar-refractivity contribution is 9.10. The number of aromatic nitrogens is 3. The first-order valence-electron chi connectivity index (χ1n) is 10.7. The van der Waals surface area contributed by atoms with Crippen molar-refractivity contribution < 1.29 is 4.74 Å². The van der Waals surface area contributed by atoms with Crippen molar-refractivity contribution in [2.45, 2.75) is 33.0 Å². The average molecular weight is 487 g/mol. The molecule has 0 aliphatic carbocycles. The molecule has 0 radical (unpaired) electrons. The van der Waals surface area contributed by atoms with E-state index in [9.17, 15) is 0 Å². The normalized spacial score (nSPS) is 13.0. The van der Waals surface area contributed by atoms with E-state index in [1.165, 1.54) is 5.56 Å². The van der Waals surface area contributed by atoms with Crippen LogP contribution in [0.2, 0.25) is 6.82 Å². The lowest BCUT2D eigenvalue weighted by Crippen LogP contribution is -2.44. The molecule has 2 aromatic carbocycles. The standard InChI is InChI=1S/C25H24BBrN4O/c1-25(2,3)17-10-12-28-24(14-17)30-23-16-20(32-19-7-5-6-18(27)15-19)8-9-21(23)22-11-13-29-31(22)26(30)4/h5-16H,1-4H3. The van der Waals surface area contributed by atoms with Crippen LogP contribution in [0.25, 0.3) is 11.3 Å². The van der Waals surface area contributed by atoms with E-state index in [1.54, 1.807) is 0 Å². The van der Waals surface area contributed by atoms with E-state index in [1.807, 2.05) is 47.3 Å². The number of rotatable bonds is 3. The summed E-state index contributed by atoms with van der Waals surface area (Å²) in [6.45, 7) is 8.77. The van der Waals surface area contributed by atoms with Gasteiger partial charge in [0, 0.05) is 34.2 Å². The molecule has 0 N–H and O–H groups in total. The van der Waals surface area contributed by atoms with Crippen LogP contribution < -0.4 is 9.55 Å². The van der Waals surface area contributed by atoms with Crippen molar-refractivity contribution in [3.63, 3.8) is 0 Å². The second kappa shape index (κ2) is 7.82. The van der Waals surface area contributed by atoms with Gasteiger partial charge in [0.05, 0.1) is 5.69 Å². The number of hydrogen-bond donors (Lipinski definition) is 0. The van der Waals surface area contributed by atoms with E-state index >= 15 is 0 Å². The Bertz CT molecular complexity index is 1300. The van der Waals surface area contributed by atoms with Gasteiger partial charge in [0.1, 0.15) is 17.3 Å². The van der Waals surface area contributed by atoms with Crippen molar-refractivity contribution in [2.75, 3.05) is 4.81 Å². The fourth-order valence-electron chi connectivity index (χ4n) is 4.12. The van der Waals surface area contributed by atoms with Gasteiger partial charge >= 0.3 is 6.98 Å². The number of nitrogens with zero attached hydrogens (tertiary/aromatic N) is 4. The van der Waals surface area contributed by atoms with Crippen LogP contribution in [0.3, 0.4) is 0 Å².